The number of aromatic nitrogens is 1. The van der Waals surface area contributed by atoms with Crippen molar-refractivity contribution in [2.45, 2.75) is 25.8 Å². The molecule has 0 atom stereocenters. The first kappa shape index (κ1) is 10.8. The van der Waals surface area contributed by atoms with Gasteiger partial charge in [-0.3, -0.25) is 4.79 Å². The molecular formula is C14H12N2O2. The van der Waals surface area contributed by atoms with Gasteiger partial charge in [-0.15, -0.1) is 0 Å². The maximum Gasteiger partial charge on any atom is 0.269 e. The van der Waals surface area contributed by atoms with Crippen LogP contribution in [0.5, 0.6) is 0 Å². The number of nitrogens with zero attached hydrogens (tertiary/aromatic N) is 2. The number of rotatable bonds is 2. The van der Waals surface area contributed by atoms with Gasteiger partial charge in [0.15, 0.2) is 0 Å². The van der Waals surface area contributed by atoms with E-state index in [1.54, 1.807) is 23.0 Å². The van der Waals surface area contributed by atoms with Crippen molar-refractivity contribution < 1.29 is 4.42 Å². The second kappa shape index (κ2) is 3.88. The first-order valence-electron chi connectivity index (χ1n) is 5.92. The lowest BCUT2D eigenvalue weighted by molar-refractivity contribution is 0.580. The summed E-state index contributed by atoms with van der Waals surface area (Å²) in [5.74, 6) is 0.573. The maximum atomic E-state index is 12.2. The third kappa shape index (κ3) is 1.56. The lowest BCUT2D eigenvalue weighted by Gasteiger charge is -2.10. The van der Waals surface area contributed by atoms with Gasteiger partial charge < -0.3 is 8.98 Å². The van der Waals surface area contributed by atoms with Gasteiger partial charge in [0, 0.05) is 17.8 Å². The molecule has 0 amide bonds. The Bertz CT molecular complexity index is 686. The fraction of sp³-hybridized carbons (Fsp3) is 0.286. The fourth-order valence-electron chi connectivity index (χ4n) is 2.23. The highest BCUT2D eigenvalue weighted by Gasteiger charge is 2.27. The standard InChI is InChI=1S/C14H12N2O2/c1-9-8-16(10-4-5-10)14(17)11(7-15)13(9)12-3-2-6-18-12/h2-3,6,8,10H,4-5H2,1H3. The van der Waals surface area contributed by atoms with E-state index in [1.807, 2.05) is 19.2 Å². The highest BCUT2D eigenvalue weighted by molar-refractivity contribution is 5.68. The molecule has 2 heterocycles. The molecule has 0 saturated heterocycles. The quantitative estimate of drug-likeness (QED) is 0.810. The van der Waals surface area contributed by atoms with E-state index in [2.05, 4.69) is 0 Å². The molecule has 0 N–H and O–H groups in total. The van der Waals surface area contributed by atoms with E-state index in [9.17, 15) is 10.1 Å². The molecule has 1 fully saturated rings. The van der Waals surface area contributed by atoms with Gasteiger partial charge in [-0.2, -0.15) is 5.26 Å². The van der Waals surface area contributed by atoms with Crippen LogP contribution in [0.2, 0.25) is 0 Å². The van der Waals surface area contributed by atoms with Crippen molar-refractivity contribution in [2.24, 2.45) is 0 Å². The molecule has 0 unspecified atom stereocenters. The minimum Gasteiger partial charge on any atom is -0.464 e. The van der Waals surface area contributed by atoms with E-state index in [-0.39, 0.29) is 17.2 Å². The molecule has 0 radical (unpaired) electrons. The third-order valence-corrected chi connectivity index (χ3v) is 3.25. The van der Waals surface area contributed by atoms with E-state index in [1.165, 1.54) is 0 Å². The predicted octanol–water partition coefficient (Wildman–Crippen LogP) is 2.62. The first-order chi connectivity index (χ1) is 8.72. The van der Waals surface area contributed by atoms with Crippen LogP contribution < -0.4 is 5.56 Å². The highest BCUT2D eigenvalue weighted by Crippen LogP contribution is 2.35. The molecule has 3 rings (SSSR count). The van der Waals surface area contributed by atoms with Crippen LogP contribution in [0.4, 0.5) is 0 Å². The van der Waals surface area contributed by atoms with Gasteiger partial charge in [0.2, 0.25) is 0 Å². The first-order valence-corrected chi connectivity index (χ1v) is 5.92. The van der Waals surface area contributed by atoms with Crippen molar-refractivity contribution >= 4 is 0 Å². The zero-order chi connectivity index (χ0) is 12.7. The zero-order valence-electron chi connectivity index (χ0n) is 10.0. The summed E-state index contributed by atoms with van der Waals surface area (Å²) in [5, 5.41) is 9.24. The maximum absolute atomic E-state index is 12.2. The molecule has 2 aromatic heterocycles. The molecule has 4 heteroatoms. The van der Waals surface area contributed by atoms with Crippen LogP contribution in [0.1, 0.15) is 30.0 Å². The van der Waals surface area contributed by atoms with E-state index < -0.39 is 0 Å². The monoisotopic (exact) mass is 240 g/mol. The lowest BCUT2D eigenvalue weighted by Crippen LogP contribution is -2.23. The number of furan rings is 1. The van der Waals surface area contributed by atoms with Crippen LogP contribution in [0.25, 0.3) is 11.3 Å². The molecule has 2 aromatic rings. The van der Waals surface area contributed by atoms with Crippen molar-refractivity contribution in [1.82, 2.24) is 4.57 Å². The lowest BCUT2D eigenvalue weighted by atomic mass is 10.0. The topological polar surface area (TPSA) is 58.9 Å². The fourth-order valence-corrected chi connectivity index (χ4v) is 2.23. The summed E-state index contributed by atoms with van der Waals surface area (Å²) >= 11 is 0. The zero-order valence-corrected chi connectivity index (χ0v) is 10.0. The molecule has 1 aliphatic rings. The summed E-state index contributed by atoms with van der Waals surface area (Å²) in [4.78, 5) is 12.2. The van der Waals surface area contributed by atoms with E-state index in [4.69, 9.17) is 4.42 Å². The summed E-state index contributed by atoms with van der Waals surface area (Å²) in [7, 11) is 0. The molecule has 4 nitrogen and oxygen atoms in total. The molecular weight excluding hydrogens is 228 g/mol. The molecule has 1 aliphatic carbocycles. The van der Waals surface area contributed by atoms with Crippen LogP contribution >= 0.6 is 0 Å². The number of hydrogen-bond acceptors (Lipinski definition) is 3. The van der Waals surface area contributed by atoms with Crippen molar-refractivity contribution in [3.05, 3.63) is 46.1 Å². The highest BCUT2D eigenvalue weighted by atomic mass is 16.3. The Morgan fingerprint density at radius 1 is 1.50 bits per heavy atom. The minimum absolute atomic E-state index is 0.178. The molecule has 18 heavy (non-hydrogen) atoms. The Morgan fingerprint density at radius 2 is 2.28 bits per heavy atom. The van der Waals surface area contributed by atoms with Gasteiger partial charge >= 0.3 is 0 Å². The van der Waals surface area contributed by atoms with Crippen LogP contribution in [0.3, 0.4) is 0 Å². The number of aryl methyl sites for hydroxylation is 1. The summed E-state index contributed by atoms with van der Waals surface area (Å²) < 4.78 is 7.00. The smallest absolute Gasteiger partial charge is 0.269 e. The van der Waals surface area contributed by atoms with E-state index in [0.717, 1.165) is 18.4 Å². The Kier molecular flexibility index (Phi) is 2.34. The average Bonchev–Trinajstić information content (AvgIpc) is 3.07. The van der Waals surface area contributed by atoms with Gasteiger partial charge in [0.25, 0.3) is 5.56 Å². The number of pyridine rings is 1. The Balaban J connectivity index is 2.30. The van der Waals surface area contributed by atoms with E-state index in [0.29, 0.717) is 11.3 Å². The second-order valence-electron chi connectivity index (χ2n) is 4.59. The Labute approximate surface area is 104 Å². The number of hydrogen-bond donors (Lipinski definition) is 0. The predicted molar refractivity (Wildman–Crippen MR) is 66.1 cm³/mol. The molecule has 90 valence electrons. The van der Waals surface area contributed by atoms with E-state index >= 15 is 0 Å². The van der Waals surface area contributed by atoms with Gasteiger partial charge in [-0.25, -0.2) is 0 Å². The molecule has 1 saturated carbocycles. The molecule has 0 aromatic carbocycles. The van der Waals surface area contributed by atoms with Crippen molar-refractivity contribution in [3.8, 4) is 17.4 Å². The summed E-state index contributed by atoms with van der Waals surface area (Å²) in [5.41, 5.74) is 1.48. The second-order valence-corrected chi connectivity index (χ2v) is 4.59. The Morgan fingerprint density at radius 3 is 2.83 bits per heavy atom. The molecule has 0 aliphatic heterocycles. The third-order valence-electron chi connectivity index (χ3n) is 3.25. The van der Waals surface area contributed by atoms with Crippen LogP contribution in [-0.2, 0) is 0 Å². The number of nitriles is 1. The van der Waals surface area contributed by atoms with Crippen LogP contribution in [0, 0.1) is 18.3 Å². The Hall–Kier alpha value is -2.28. The summed E-state index contributed by atoms with van der Waals surface area (Å²) in [6.45, 7) is 1.90. The largest absolute Gasteiger partial charge is 0.464 e. The van der Waals surface area contributed by atoms with Gasteiger partial charge in [-0.05, 0) is 37.5 Å². The van der Waals surface area contributed by atoms with Crippen molar-refractivity contribution in [1.29, 1.82) is 5.26 Å². The minimum atomic E-state index is -0.211. The molecule has 0 spiro atoms. The van der Waals surface area contributed by atoms with Crippen molar-refractivity contribution in [2.75, 3.05) is 0 Å². The normalized spacial score (nSPS) is 14.4. The summed E-state index contributed by atoms with van der Waals surface area (Å²) in [6, 6.07) is 5.82. The van der Waals surface area contributed by atoms with Gasteiger partial charge in [0.05, 0.1) is 6.26 Å². The van der Waals surface area contributed by atoms with Gasteiger partial charge in [-0.1, -0.05) is 0 Å². The van der Waals surface area contributed by atoms with Crippen molar-refractivity contribution in [3.63, 3.8) is 0 Å². The molecule has 0 bridgehead atoms. The average molecular weight is 240 g/mol. The van der Waals surface area contributed by atoms with Crippen LogP contribution in [0.15, 0.2) is 33.8 Å². The SMILES string of the molecule is Cc1cn(C2CC2)c(=O)c(C#N)c1-c1ccco1. The summed E-state index contributed by atoms with van der Waals surface area (Å²) in [6.07, 6.45) is 5.41. The van der Waals surface area contributed by atoms with Crippen LogP contribution in [-0.4, -0.2) is 4.57 Å². The van der Waals surface area contributed by atoms with Gasteiger partial charge in [0.1, 0.15) is 17.4 Å².